The average molecular weight is 643 g/mol. The summed E-state index contributed by atoms with van der Waals surface area (Å²) in [5.41, 5.74) is 20.6. The van der Waals surface area contributed by atoms with Crippen molar-refractivity contribution in [3.8, 4) is 11.3 Å². The van der Waals surface area contributed by atoms with Crippen LogP contribution in [0.4, 0.5) is 0 Å². The number of hydrogen-bond acceptors (Lipinski definition) is 3. The lowest BCUT2D eigenvalue weighted by molar-refractivity contribution is 0.377. The zero-order valence-electron chi connectivity index (χ0n) is 31.2. The standard InChI is InChI=1S/C22H37N.C21H33N3/c1-4-6-7-8-9-10-11-18-12-15-21-19(16-18)13-14-20(21)17-22(3,23)5-2;1-4-6-7-8-9-10-11-17-12-14-18(15-13-17)19-16-23-20(24-19)21(3,22)5-2/h12,15-16,20H,4-11,13-14,17,23H2,1-3H3;12-16H,4-11,22H2,1-3H3,(H,23,24). The molecule has 5 N–H and O–H groups in total. The van der Waals surface area contributed by atoms with E-state index in [9.17, 15) is 0 Å². The van der Waals surface area contributed by atoms with Gasteiger partial charge in [-0.3, -0.25) is 0 Å². The summed E-state index contributed by atoms with van der Waals surface area (Å²) in [7, 11) is 0. The number of nitrogens with one attached hydrogen (secondary N) is 1. The number of fused-ring (bicyclic) bond motifs is 1. The van der Waals surface area contributed by atoms with Crippen LogP contribution >= 0.6 is 0 Å². The summed E-state index contributed by atoms with van der Waals surface area (Å²) in [6.07, 6.45) is 26.3. The van der Waals surface area contributed by atoms with Crippen LogP contribution in [0.2, 0.25) is 0 Å². The van der Waals surface area contributed by atoms with Gasteiger partial charge in [0.05, 0.1) is 17.4 Å². The maximum absolute atomic E-state index is 6.40. The molecule has 2 aromatic carbocycles. The lowest BCUT2D eigenvalue weighted by Crippen LogP contribution is -2.36. The van der Waals surface area contributed by atoms with E-state index in [4.69, 9.17) is 11.5 Å². The number of benzene rings is 2. The molecule has 0 saturated heterocycles. The number of aryl methyl sites for hydroxylation is 3. The Hall–Kier alpha value is -2.43. The maximum Gasteiger partial charge on any atom is 0.126 e. The molecule has 1 aliphatic carbocycles. The van der Waals surface area contributed by atoms with Crippen molar-refractivity contribution in [1.82, 2.24) is 9.97 Å². The second-order valence-electron chi connectivity index (χ2n) is 15.1. The van der Waals surface area contributed by atoms with Gasteiger partial charge in [0.25, 0.3) is 0 Å². The molecule has 0 aliphatic heterocycles. The van der Waals surface area contributed by atoms with Gasteiger partial charge < -0.3 is 16.5 Å². The molecular weight excluding hydrogens is 573 g/mol. The summed E-state index contributed by atoms with van der Waals surface area (Å²) >= 11 is 0. The number of aromatic amines is 1. The maximum atomic E-state index is 6.40. The number of imidazole rings is 1. The molecule has 4 rings (SSSR count). The SMILES string of the molecule is CCCCCCCCc1ccc(-c2cnc(C(C)(N)CC)[nH]2)cc1.CCCCCCCCc1ccc2c(c1)CCC2CC(C)(N)CC. The molecule has 47 heavy (non-hydrogen) atoms. The topological polar surface area (TPSA) is 80.7 Å². The summed E-state index contributed by atoms with van der Waals surface area (Å²) in [6, 6.07) is 16.1. The first-order valence-corrected chi connectivity index (χ1v) is 19.5. The van der Waals surface area contributed by atoms with E-state index in [0.717, 1.165) is 30.8 Å². The highest BCUT2D eigenvalue weighted by molar-refractivity contribution is 5.59. The first kappa shape index (κ1) is 39.0. The zero-order valence-corrected chi connectivity index (χ0v) is 31.2. The molecule has 0 fully saturated rings. The van der Waals surface area contributed by atoms with Gasteiger partial charge in [-0.15, -0.1) is 0 Å². The minimum atomic E-state index is -0.393. The van der Waals surface area contributed by atoms with Crippen LogP contribution in [0.25, 0.3) is 11.3 Å². The molecule has 3 atom stereocenters. The normalized spacial score (nSPS) is 16.6. The van der Waals surface area contributed by atoms with E-state index >= 15 is 0 Å². The first-order chi connectivity index (χ1) is 22.6. The largest absolute Gasteiger partial charge is 0.340 e. The number of hydrogen-bond donors (Lipinski definition) is 3. The van der Waals surface area contributed by atoms with Gasteiger partial charge in [0.1, 0.15) is 5.82 Å². The summed E-state index contributed by atoms with van der Waals surface area (Å²) in [5.74, 6) is 1.54. The molecule has 3 aromatic rings. The van der Waals surface area contributed by atoms with Crippen LogP contribution in [0.15, 0.2) is 48.7 Å². The van der Waals surface area contributed by atoms with Gasteiger partial charge in [-0.05, 0) is 105 Å². The number of unbranched alkanes of at least 4 members (excludes halogenated alkanes) is 10. The second kappa shape index (κ2) is 20.2. The smallest absolute Gasteiger partial charge is 0.126 e. The van der Waals surface area contributed by atoms with Crippen molar-refractivity contribution in [3.63, 3.8) is 0 Å². The average Bonchev–Trinajstić information content (AvgIpc) is 3.73. The lowest BCUT2D eigenvalue weighted by atomic mass is 9.84. The molecule has 0 saturated carbocycles. The van der Waals surface area contributed by atoms with Crippen LogP contribution in [-0.2, 0) is 24.8 Å². The van der Waals surface area contributed by atoms with Crippen molar-refractivity contribution < 1.29 is 0 Å². The van der Waals surface area contributed by atoms with Crippen LogP contribution < -0.4 is 11.5 Å². The van der Waals surface area contributed by atoms with Crippen LogP contribution in [-0.4, -0.2) is 15.5 Å². The fraction of sp³-hybridized carbons (Fsp3) is 0.651. The van der Waals surface area contributed by atoms with Crippen molar-refractivity contribution in [2.24, 2.45) is 11.5 Å². The van der Waals surface area contributed by atoms with Crippen LogP contribution in [0, 0.1) is 0 Å². The van der Waals surface area contributed by atoms with E-state index in [0.29, 0.717) is 5.92 Å². The van der Waals surface area contributed by atoms with Crippen LogP contribution in [0.3, 0.4) is 0 Å². The van der Waals surface area contributed by atoms with Crippen molar-refractivity contribution in [1.29, 1.82) is 0 Å². The van der Waals surface area contributed by atoms with E-state index < -0.39 is 5.54 Å². The van der Waals surface area contributed by atoms with E-state index in [1.807, 2.05) is 13.1 Å². The molecular formula is C43H70N4. The molecule has 262 valence electrons. The molecule has 0 spiro atoms. The minimum Gasteiger partial charge on any atom is -0.340 e. The molecule has 0 radical (unpaired) electrons. The van der Waals surface area contributed by atoms with E-state index in [1.54, 1.807) is 16.7 Å². The van der Waals surface area contributed by atoms with Gasteiger partial charge in [-0.25, -0.2) is 4.98 Å². The highest BCUT2D eigenvalue weighted by Gasteiger charge is 2.28. The summed E-state index contributed by atoms with van der Waals surface area (Å²) in [5, 5.41) is 0. The third kappa shape index (κ3) is 13.2. The summed E-state index contributed by atoms with van der Waals surface area (Å²) in [4.78, 5) is 7.84. The minimum absolute atomic E-state index is 0.0105. The molecule has 1 heterocycles. The molecule has 3 unspecified atom stereocenters. The van der Waals surface area contributed by atoms with Crippen molar-refractivity contribution in [2.75, 3.05) is 0 Å². The molecule has 1 aromatic heterocycles. The molecule has 4 nitrogen and oxygen atoms in total. The van der Waals surface area contributed by atoms with Gasteiger partial charge in [0.2, 0.25) is 0 Å². The number of rotatable bonds is 20. The number of H-pyrrole nitrogens is 1. The predicted octanol–water partition coefficient (Wildman–Crippen LogP) is 11.7. The van der Waals surface area contributed by atoms with Crippen molar-refractivity contribution >= 4 is 0 Å². The lowest BCUT2D eigenvalue weighted by Gasteiger charge is -2.27. The Bertz CT molecular complexity index is 1270. The molecule has 1 aliphatic rings. The molecule has 4 heteroatoms. The van der Waals surface area contributed by atoms with Gasteiger partial charge in [0, 0.05) is 5.54 Å². The Morgan fingerprint density at radius 2 is 1.30 bits per heavy atom. The van der Waals surface area contributed by atoms with Crippen LogP contribution in [0.5, 0.6) is 0 Å². The molecule has 0 bridgehead atoms. The van der Waals surface area contributed by atoms with Crippen LogP contribution in [0.1, 0.15) is 178 Å². The summed E-state index contributed by atoms with van der Waals surface area (Å²) in [6.45, 7) is 13.1. The summed E-state index contributed by atoms with van der Waals surface area (Å²) < 4.78 is 0. The van der Waals surface area contributed by atoms with Gasteiger partial charge in [-0.2, -0.15) is 0 Å². The number of aromatic nitrogens is 2. The number of nitrogens with zero attached hydrogens (tertiary/aromatic N) is 1. The quantitative estimate of drug-likeness (QED) is 0.107. The Morgan fingerprint density at radius 1 is 0.723 bits per heavy atom. The van der Waals surface area contributed by atoms with E-state index in [2.05, 4.69) is 87.1 Å². The Morgan fingerprint density at radius 3 is 1.89 bits per heavy atom. The monoisotopic (exact) mass is 643 g/mol. The second-order valence-corrected chi connectivity index (χ2v) is 15.1. The zero-order chi connectivity index (χ0) is 34.1. The van der Waals surface area contributed by atoms with E-state index in [-0.39, 0.29) is 5.54 Å². The molecule has 0 amide bonds. The third-order valence-corrected chi connectivity index (χ3v) is 10.7. The fourth-order valence-electron chi connectivity index (χ4n) is 6.83. The Labute approximate surface area is 289 Å². The van der Waals surface area contributed by atoms with Crippen molar-refractivity contribution in [3.05, 3.63) is 76.7 Å². The van der Waals surface area contributed by atoms with Gasteiger partial charge in [0.15, 0.2) is 0 Å². The van der Waals surface area contributed by atoms with Crippen molar-refractivity contribution in [2.45, 2.75) is 181 Å². The number of nitrogens with two attached hydrogens (primary N) is 2. The Kier molecular flexibility index (Phi) is 16.7. The van der Waals surface area contributed by atoms with Gasteiger partial charge in [-0.1, -0.05) is 134 Å². The third-order valence-electron chi connectivity index (χ3n) is 10.7. The predicted molar refractivity (Wildman–Crippen MR) is 205 cm³/mol. The fourth-order valence-corrected chi connectivity index (χ4v) is 6.83. The highest BCUT2D eigenvalue weighted by Crippen LogP contribution is 2.39. The Balaban J connectivity index is 0.000000256. The van der Waals surface area contributed by atoms with E-state index in [1.165, 1.54) is 114 Å². The van der Waals surface area contributed by atoms with Gasteiger partial charge >= 0.3 is 0 Å². The first-order valence-electron chi connectivity index (χ1n) is 19.5. The highest BCUT2D eigenvalue weighted by atomic mass is 15.0.